The number of aryl methyl sites for hydroxylation is 1. The second kappa shape index (κ2) is 8.79. The third-order valence-electron chi connectivity index (χ3n) is 5.13. The predicted octanol–water partition coefficient (Wildman–Crippen LogP) is 3.74. The minimum Gasteiger partial charge on any atom is -0.503 e. The number of carbonyl (C=O) groups excluding carboxylic acids is 2. The first-order valence-corrected chi connectivity index (χ1v) is 10.5. The second-order valence-corrected chi connectivity index (χ2v) is 8.06. The number of aliphatic hydroxyl groups is 1. The van der Waals surface area contributed by atoms with Gasteiger partial charge in [-0.15, -0.1) is 11.3 Å². The van der Waals surface area contributed by atoms with Crippen LogP contribution in [0.2, 0.25) is 0 Å². The largest absolute Gasteiger partial charge is 0.503 e. The van der Waals surface area contributed by atoms with E-state index in [4.69, 9.17) is 4.74 Å². The Morgan fingerprint density at radius 3 is 2.58 bits per heavy atom. The average molecular weight is 436 g/mol. The maximum Gasteiger partial charge on any atom is 0.290 e. The molecule has 0 saturated carbocycles. The Balaban J connectivity index is 1.77. The maximum atomic E-state index is 13.6. The van der Waals surface area contributed by atoms with Gasteiger partial charge in [-0.3, -0.25) is 14.6 Å². The van der Waals surface area contributed by atoms with Gasteiger partial charge < -0.3 is 14.7 Å². The third-order valence-corrected chi connectivity index (χ3v) is 6.34. The van der Waals surface area contributed by atoms with Crippen LogP contribution in [0.25, 0.3) is 10.6 Å². The number of carbonyl (C=O) groups is 2. The number of nitrogens with zero attached hydrogens (tertiary/aromatic N) is 3. The molecule has 0 spiro atoms. The van der Waals surface area contributed by atoms with Gasteiger partial charge >= 0.3 is 0 Å². The lowest BCUT2D eigenvalue weighted by Gasteiger charge is -2.26. The smallest absolute Gasteiger partial charge is 0.290 e. The van der Waals surface area contributed by atoms with Gasteiger partial charge in [-0.2, -0.15) is 0 Å². The van der Waals surface area contributed by atoms with Crippen molar-refractivity contribution in [2.75, 3.05) is 20.3 Å². The molecule has 1 aromatic carbocycles. The van der Waals surface area contributed by atoms with E-state index in [0.717, 1.165) is 5.56 Å². The Hall–Kier alpha value is -3.36. The SMILES string of the molecule is COCCN1C(=O)C(O)=C(C(=O)c2sc(-c3ccccc3)nc2C)C1c1ccncc1. The topological polar surface area (TPSA) is 92.6 Å². The molecule has 158 valence electrons. The quantitative estimate of drug-likeness (QED) is 0.569. The highest BCUT2D eigenvalue weighted by atomic mass is 32.1. The minimum absolute atomic E-state index is 0.0543. The maximum absolute atomic E-state index is 13.6. The second-order valence-electron chi connectivity index (χ2n) is 7.07. The van der Waals surface area contributed by atoms with Crippen LogP contribution < -0.4 is 0 Å². The summed E-state index contributed by atoms with van der Waals surface area (Å²) in [5.74, 6) is -1.52. The van der Waals surface area contributed by atoms with Gasteiger partial charge in [-0.05, 0) is 24.6 Å². The first-order valence-electron chi connectivity index (χ1n) is 9.73. The van der Waals surface area contributed by atoms with E-state index in [9.17, 15) is 14.7 Å². The van der Waals surface area contributed by atoms with Gasteiger partial charge in [0.25, 0.3) is 5.91 Å². The van der Waals surface area contributed by atoms with Gasteiger partial charge in [0.1, 0.15) is 5.01 Å². The summed E-state index contributed by atoms with van der Waals surface area (Å²) in [5, 5.41) is 11.4. The van der Waals surface area contributed by atoms with Crippen LogP contribution in [-0.2, 0) is 9.53 Å². The molecule has 1 N–H and O–H groups in total. The number of ketones is 1. The van der Waals surface area contributed by atoms with Gasteiger partial charge in [-0.25, -0.2) is 4.98 Å². The Labute approximate surface area is 183 Å². The van der Waals surface area contributed by atoms with Crippen molar-refractivity contribution in [1.82, 2.24) is 14.9 Å². The first-order chi connectivity index (χ1) is 15.0. The van der Waals surface area contributed by atoms with Crippen molar-refractivity contribution >= 4 is 23.0 Å². The van der Waals surface area contributed by atoms with Gasteiger partial charge in [0.05, 0.1) is 28.8 Å². The molecular formula is C23H21N3O4S. The van der Waals surface area contributed by atoms with Gasteiger partial charge in [0, 0.05) is 31.6 Å². The summed E-state index contributed by atoms with van der Waals surface area (Å²) < 4.78 is 5.12. The monoisotopic (exact) mass is 435 g/mol. The molecule has 3 heterocycles. The van der Waals surface area contributed by atoms with E-state index < -0.39 is 23.5 Å². The third kappa shape index (κ3) is 3.87. The number of amides is 1. The summed E-state index contributed by atoms with van der Waals surface area (Å²) in [7, 11) is 1.53. The van der Waals surface area contributed by atoms with Crippen LogP contribution in [-0.4, -0.2) is 51.9 Å². The lowest BCUT2D eigenvalue weighted by atomic mass is 9.96. The number of rotatable bonds is 7. The van der Waals surface area contributed by atoms with Crippen molar-refractivity contribution < 1.29 is 19.4 Å². The fraction of sp³-hybridized carbons (Fsp3) is 0.217. The Kier molecular flexibility index (Phi) is 5.92. The predicted molar refractivity (Wildman–Crippen MR) is 117 cm³/mol. The van der Waals surface area contributed by atoms with Crippen LogP contribution in [0.1, 0.15) is 27.0 Å². The number of hydrogen-bond acceptors (Lipinski definition) is 7. The summed E-state index contributed by atoms with van der Waals surface area (Å²) in [6, 6.07) is 12.3. The molecule has 0 bridgehead atoms. The normalized spacial score (nSPS) is 16.3. The fourth-order valence-corrected chi connectivity index (χ4v) is 4.66. The molecule has 4 rings (SSSR count). The van der Waals surface area contributed by atoms with E-state index in [0.29, 0.717) is 21.1 Å². The molecule has 1 unspecified atom stereocenters. The van der Waals surface area contributed by atoms with E-state index in [1.807, 2.05) is 30.3 Å². The number of methoxy groups -OCH3 is 1. The molecule has 1 amide bonds. The lowest BCUT2D eigenvalue weighted by molar-refractivity contribution is -0.130. The van der Waals surface area contributed by atoms with Crippen molar-refractivity contribution in [2.45, 2.75) is 13.0 Å². The van der Waals surface area contributed by atoms with Crippen LogP contribution in [0.5, 0.6) is 0 Å². The number of Topliss-reactive ketones (excluding diaryl/α,β-unsaturated/α-hetero) is 1. The molecule has 0 radical (unpaired) electrons. The fourth-order valence-electron chi connectivity index (χ4n) is 3.63. The molecule has 0 fully saturated rings. The van der Waals surface area contributed by atoms with Crippen LogP contribution in [0.15, 0.2) is 66.2 Å². The van der Waals surface area contributed by atoms with Crippen molar-refractivity contribution in [3.05, 3.63) is 82.3 Å². The minimum atomic E-state index is -0.722. The zero-order chi connectivity index (χ0) is 22.0. The molecule has 3 aromatic rings. The lowest BCUT2D eigenvalue weighted by Crippen LogP contribution is -2.34. The zero-order valence-corrected chi connectivity index (χ0v) is 17.9. The highest BCUT2D eigenvalue weighted by Gasteiger charge is 2.44. The highest BCUT2D eigenvalue weighted by molar-refractivity contribution is 7.17. The Morgan fingerprint density at radius 1 is 1.19 bits per heavy atom. The number of ether oxygens (including phenoxy) is 1. The van der Waals surface area contributed by atoms with Crippen molar-refractivity contribution in [3.63, 3.8) is 0 Å². The van der Waals surface area contributed by atoms with Crippen LogP contribution in [0, 0.1) is 6.92 Å². The van der Waals surface area contributed by atoms with Crippen LogP contribution in [0.3, 0.4) is 0 Å². The summed E-state index contributed by atoms with van der Waals surface area (Å²) in [6.45, 7) is 2.27. The van der Waals surface area contributed by atoms with Crippen molar-refractivity contribution in [1.29, 1.82) is 0 Å². The van der Waals surface area contributed by atoms with Crippen molar-refractivity contribution in [2.24, 2.45) is 0 Å². The Bertz CT molecular complexity index is 1140. The molecule has 7 nitrogen and oxygen atoms in total. The number of aliphatic hydroxyl groups excluding tert-OH is 1. The van der Waals surface area contributed by atoms with Crippen LogP contribution in [0.4, 0.5) is 0 Å². The number of hydrogen-bond donors (Lipinski definition) is 1. The summed E-state index contributed by atoms with van der Waals surface area (Å²) in [5.41, 5.74) is 2.21. The molecule has 2 aromatic heterocycles. The highest BCUT2D eigenvalue weighted by Crippen LogP contribution is 2.40. The van der Waals surface area contributed by atoms with E-state index in [1.165, 1.54) is 23.3 Å². The van der Waals surface area contributed by atoms with E-state index in [2.05, 4.69) is 9.97 Å². The molecule has 1 aliphatic heterocycles. The molecule has 1 aliphatic rings. The number of thiazole rings is 1. The first kappa shape index (κ1) is 20.9. The molecule has 31 heavy (non-hydrogen) atoms. The van der Waals surface area contributed by atoms with Crippen LogP contribution >= 0.6 is 11.3 Å². The molecular weight excluding hydrogens is 414 g/mol. The van der Waals surface area contributed by atoms with Crippen molar-refractivity contribution in [3.8, 4) is 10.6 Å². The summed E-state index contributed by atoms with van der Waals surface area (Å²) in [6.07, 6.45) is 3.19. The molecule has 0 saturated heterocycles. The standard InChI is InChI=1S/C23H21N3O4S/c1-14-21(31-22(25-14)16-6-4-3-5-7-16)19(27)17-18(15-8-10-24-11-9-15)26(12-13-30-2)23(29)20(17)28/h3-11,18,28H,12-13H2,1-2H3. The number of benzene rings is 1. The van der Waals surface area contributed by atoms with Gasteiger partial charge in [0.2, 0.25) is 5.78 Å². The van der Waals surface area contributed by atoms with E-state index in [1.54, 1.807) is 31.5 Å². The van der Waals surface area contributed by atoms with Gasteiger partial charge in [0.15, 0.2) is 5.76 Å². The summed E-state index contributed by atoms with van der Waals surface area (Å²) in [4.78, 5) is 36.9. The van der Waals surface area contributed by atoms with Gasteiger partial charge in [-0.1, -0.05) is 30.3 Å². The zero-order valence-electron chi connectivity index (χ0n) is 17.1. The van der Waals surface area contributed by atoms with E-state index in [-0.39, 0.29) is 18.7 Å². The number of pyridine rings is 1. The summed E-state index contributed by atoms with van der Waals surface area (Å²) >= 11 is 1.25. The molecule has 8 heteroatoms. The molecule has 1 atom stereocenters. The van der Waals surface area contributed by atoms with E-state index >= 15 is 0 Å². The Morgan fingerprint density at radius 2 is 1.90 bits per heavy atom. The average Bonchev–Trinajstić information content (AvgIpc) is 3.31. The number of aromatic nitrogens is 2. The molecule has 0 aliphatic carbocycles.